The van der Waals surface area contributed by atoms with Crippen LogP contribution in [0.1, 0.15) is 55.9 Å². The minimum absolute atomic E-state index is 0.102. The van der Waals surface area contributed by atoms with Crippen LogP contribution in [0.2, 0.25) is 0 Å². The first-order chi connectivity index (χ1) is 11.2. The first-order valence-electron chi connectivity index (χ1n) is 8.63. The molecule has 0 saturated carbocycles. The van der Waals surface area contributed by atoms with Crippen molar-refractivity contribution in [3.63, 3.8) is 0 Å². The lowest BCUT2D eigenvalue weighted by Gasteiger charge is -2.37. The van der Waals surface area contributed by atoms with Crippen molar-refractivity contribution >= 4 is 11.9 Å². The van der Waals surface area contributed by atoms with Crippen molar-refractivity contribution in [2.75, 3.05) is 13.1 Å². The number of aryl methyl sites for hydroxylation is 2. The first kappa shape index (κ1) is 18.5. The molecule has 6 nitrogen and oxygen atoms in total. The van der Waals surface area contributed by atoms with Gasteiger partial charge in [0, 0.05) is 13.1 Å². The summed E-state index contributed by atoms with van der Waals surface area (Å²) in [7, 11) is 0. The van der Waals surface area contributed by atoms with Gasteiger partial charge in [0.2, 0.25) is 0 Å². The molecule has 134 valence electrons. The Morgan fingerprint density at radius 3 is 2.25 bits per heavy atom. The standard InChI is InChI=1S/C18H28N2O4/c1-10(2)16(17(21)20-8-11(3)7-12(4)9-20)23-18(22)15-13(5)19-24-14(15)6/h10-12,16H,7-9H2,1-6H3/t11-,12+,16-/m0/s1. The van der Waals surface area contributed by atoms with Gasteiger partial charge in [0.25, 0.3) is 5.91 Å². The van der Waals surface area contributed by atoms with E-state index in [9.17, 15) is 9.59 Å². The fourth-order valence-electron chi connectivity index (χ4n) is 3.44. The second-order valence-electron chi connectivity index (χ2n) is 7.46. The Morgan fingerprint density at radius 1 is 1.21 bits per heavy atom. The van der Waals surface area contributed by atoms with E-state index in [2.05, 4.69) is 19.0 Å². The summed E-state index contributed by atoms with van der Waals surface area (Å²) in [6, 6.07) is 0. The number of carbonyl (C=O) groups is 2. The average molecular weight is 336 g/mol. The number of aromatic nitrogens is 1. The van der Waals surface area contributed by atoms with Crippen LogP contribution < -0.4 is 0 Å². The Kier molecular flexibility index (Phi) is 5.67. The van der Waals surface area contributed by atoms with Crippen LogP contribution in [0.25, 0.3) is 0 Å². The van der Waals surface area contributed by atoms with Crippen LogP contribution in [0.4, 0.5) is 0 Å². The molecule has 2 rings (SSSR count). The predicted octanol–water partition coefficient (Wildman–Crippen LogP) is 2.98. The average Bonchev–Trinajstić information content (AvgIpc) is 2.81. The van der Waals surface area contributed by atoms with Crippen molar-refractivity contribution in [1.82, 2.24) is 10.1 Å². The second kappa shape index (κ2) is 7.36. The molecule has 1 saturated heterocycles. The molecule has 3 atom stereocenters. The number of rotatable bonds is 4. The van der Waals surface area contributed by atoms with E-state index in [4.69, 9.17) is 9.26 Å². The number of hydrogen-bond acceptors (Lipinski definition) is 5. The number of ether oxygens (including phenoxy) is 1. The third-order valence-corrected chi connectivity index (χ3v) is 4.50. The summed E-state index contributed by atoms with van der Waals surface area (Å²) in [6.45, 7) is 12.9. The Bertz CT molecular complexity index is 579. The van der Waals surface area contributed by atoms with Crippen LogP contribution in [0, 0.1) is 31.6 Å². The van der Waals surface area contributed by atoms with Gasteiger partial charge in [0.15, 0.2) is 6.10 Å². The third-order valence-electron chi connectivity index (χ3n) is 4.50. The molecule has 0 bridgehead atoms. The lowest BCUT2D eigenvalue weighted by Crippen LogP contribution is -2.49. The smallest absolute Gasteiger partial charge is 0.344 e. The molecule has 0 unspecified atom stereocenters. The zero-order valence-corrected chi connectivity index (χ0v) is 15.5. The van der Waals surface area contributed by atoms with Crippen molar-refractivity contribution in [2.24, 2.45) is 17.8 Å². The highest BCUT2D eigenvalue weighted by atomic mass is 16.6. The van der Waals surface area contributed by atoms with Gasteiger partial charge in [0.05, 0.1) is 5.69 Å². The maximum atomic E-state index is 12.9. The van der Waals surface area contributed by atoms with Gasteiger partial charge in [-0.25, -0.2) is 4.79 Å². The van der Waals surface area contributed by atoms with E-state index < -0.39 is 12.1 Å². The molecule has 0 radical (unpaired) electrons. The lowest BCUT2D eigenvalue weighted by molar-refractivity contribution is -0.145. The molecule has 6 heteroatoms. The highest BCUT2D eigenvalue weighted by Gasteiger charge is 2.35. The van der Waals surface area contributed by atoms with Crippen molar-refractivity contribution in [1.29, 1.82) is 0 Å². The molecule has 24 heavy (non-hydrogen) atoms. The molecule has 1 fully saturated rings. The summed E-state index contributed by atoms with van der Waals surface area (Å²) in [5.41, 5.74) is 0.793. The van der Waals surface area contributed by atoms with Crippen molar-refractivity contribution in [3.8, 4) is 0 Å². The SMILES string of the molecule is Cc1noc(C)c1C(=O)O[C@H](C(=O)N1C[C@H](C)C[C@H](C)C1)C(C)C. The molecule has 0 aliphatic carbocycles. The third kappa shape index (κ3) is 3.97. The van der Waals surface area contributed by atoms with Crippen molar-refractivity contribution < 1.29 is 18.8 Å². The number of amides is 1. The normalized spacial score (nSPS) is 22.5. The second-order valence-corrected chi connectivity index (χ2v) is 7.46. The minimum Gasteiger partial charge on any atom is -0.448 e. The van der Waals surface area contributed by atoms with Gasteiger partial charge in [-0.05, 0) is 38.0 Å². The van der Waals surface area contributed by atoms with Crippen LogP contribution >= 0.6 is 0 Å². The number of carbonyl (C=O) groups excluding carboxylic acids is 2. The summed E-state index contributed by atoms with van der Waals surface area (Å²) < 4.78 is 10.6. The van der Waals surface area contributed by atoms with Gasteiger partial charge in [-0.3, -0.25) is 4.79 Å². The number of esters is 1. The predicted molar refractivity (Wildman–Crippen MR) is 89.5 cm³/mol. The molecule has 0 spiro atoms. The summed E-state index contributed by atoms with van der Waals surface area (Å²) in [6.07, 6.45) is 0.332. The van der Waals surface area contributed by atoms with Crippen LogP contribution in [-0.2, 0) is 9.53 Å². The lowest BCUT2D eigenvalue weighted by atomic mass is 9.91. The zero-order chi connectivity index (χ0) is 18.0. The van der Waals surface area contributed by atoms with E-state index >= 15 is 0 Å². The summed E-state index contributed by atoms with van der Waals surface area (Å²) in [4.78, 5) is 27.2. The van der Waals surface area contributed by atoms with Crippen LogP contribution in [0.5, 0.6) is 0 Å². The van der Waals surface area contributed by atoms with Crippen molar-refractivity contribution in [2.45, 2.75) is 54.1 Å². The fourth-order valence-corrected chi connectivity index (χ4v) is 3.44. The highest BCUT2D eigenvalue weighted by Crippen LogP contribution is 2.24. The topological polar surface area (TPSA) is 72.6 Å². The summed E-state index contributed by atoms with van der Waals surface area (Å²) in [5, 5.41) is 3.77. The molecule has 1 aromatic rings. The fraction of sp³-hybridized carbons (Fsp3) is 0.722. The van der Waals surface area contributed by atoms with Crippen LogP contribution in [0.3, 0.4) is 0 Å². The van der Waals surface area contributed by atoms with Gasteiger partial charge in [-0.2, -0.15) is 0 Å². The van der Waals surface area contributed by atoms with E-state index in [0.717, 1.165) is 19.5 Å². The van der Waals surface area contributed by atoms with Gasteiger partial charge in [-0.15, -0.1) is 0 Å². The van der Waals surface area contributed by atoms with E-state index in [-0.39, 0.29) is 11.8 Å². The Morgan fingerprint density at radius 2 is 1.79 bits per heavy atom. The molecule has 1 aliphatic heterocycles. The van der Waals surface area contributed by atoms with E-state index in [1.807, 2.05) is 18.7 Å². The molecule has 2 heterocycles. The highest BCUT2D eigenvalue weighted by molar-refractivity contribution is 5.94. The Hall–Kier alpha value is -1.85. The molecular weight excluding hydrogens is 308 g/mol. The summed E-state index contributed by atoms with van der Waals surface area (Å²) >= 11 is 0. The van der Waals surface area contributed by atoms with Gasteiger partial charge < -0.3 is 14.2 Å². The van der Waals surface area contributed by atoms with E-state index in [1.54, 1.807) is 13.8 Å². The molecule has 1 amide bonds. The Balaban J connectivity index is 2.14. The minimum atomic E-state index is -0.788. The quantitative estimate of drug-likeness (QED) is 0.790. The largest absolute Gasteiger partial charge is 0.448 e. The number of hydrogen-bond donors (Lipinski definition) is 0. The molecule has 0 N–H and O–H groups in total. The van der Waals surface area contributed by atoms with Crippen molar-refractivity contribution in [3.05, 3.63) is 17.0 Å². The first-order valence-corrected chi connectivity index (χ1v) is 8.63. The maximum Gasteiger partial charge on any atom is 0.344 e. The van der Waals surface area contributed by atoms with E-state index in [1.165, 1.54) is 0 Å². The molecule has 1 aliphatic rings. The van der Waals surface area contributed by atoms with E-state index in [0.29, 0.717) is 28.9 Å². The maximum absolute atomic E-state index is 12.9. The summed E-state index contributed by atoms with van der Waals surface area (Å²) in [5.74, 6) is 0.578. The van der Waals surface area contributed by atoms with Crippen LogP contribution in [0.15, 0.2) is 4.52 Å². The van der Waals surface area contributed by atoms with Gasteiger partial charge in [-0.1, -0.05) is 32.9 Å². The van der Waals surface area contributed by atoms with Gasteiger partial charge in [0.1, 0.15) is 11.3 Å². The van der Waals surface area contributed by atoms with Crippen LogP contribution in [-0.4, -0.2) is 41.1 Å². The monoisotopic (exact) mass is 336 g/mol. The number of piperidine rings is 1. The zero-order valence-electron chi connectivity index (χ0n) is 15.5. The number of likely N-dealkylation sites (tertiary alicyclic amines) is 1. The van der Waals surface area contributed by atoms with Gasteiger partial charge >= 0.3 is 5.97 Å². The Labute approximate surface area is 143 Å². The molecule has 0 aromatic carbocycles. The number of nitrogens with zero attached hydrogens (tertiary/aromatic N) is 2. The molecule has 1 aromatic heterocycles. The molecular formula is C18H28N2O4.